The number of hydrogen-bond donors (Lipinski definition) is 3. The van der Waals surface area contributed by atoms with Crippen molar-refractivity contribution >= 4 is 27.9 Å². The Labute approximate surface area is 170 Å². The highest BCUT2D eigenvalue weighted by molar-refractivity contribution is 7.89. The molecule has 1 aromatic rings. The van der Waals surface area contributed by atoms with Crippen LogP contribution >= 0.6 is 0 Å². The number of rotatable bonds is 5. The molecule has 0 bridgehead atoms. The van der Waals surface area contributed by atoms with Crippen molar-refractivity contribution < 1.29 is 22.8 Å². The molecular formula is C19H26N4O5S. The first kappa shape index (κ1) is 21.3. The number of nitrogens with one attached hydrogen (secondary N) is 3. The number of nitrogens with zero attached hydrogens (tertiary/aromatic N) is 1. The van der Waals surface area contributed by atoms with Gasteiger partial charge in [0.25, 0.3) is 11.8 Å². The van der Waals surface area contributed by atoms with E-state index in [0.29, 0.717) is 23.8 Å². The highest BCUT2D eigenvalue weighted by atomic mass is 32.2. The monoisotopic (exact) mass is 422 g/mol. The molecule has 2 fully saturated rings. The second-order valence-electron chi connectivity index (χ2n) is 8.08. The summed E-state index contributed by atoms with van der Waals surface area (Å²) in [7, 11) is -3.78. The zero-order valence-corrected chi connectivity index (χ0v) is 17.5. The summed E-state index contributed by atoms with van der Waals surface area (Å²) in [5.74, 6) is -0.734. The Bertz CT molecular complexity index is 936. The Kier molecular flexibility index (Phi) is 5.68. The predicted octanol–water partition coefficient (Wildman–Crippen LogP) is 1.52. The van der Waals surface area contributed by atoms with Gasteiger partial charge in [0.05, 0.1) is 4.90 Å². The van der Waals surface area contributed by atoms with Gasteiger partial charge in [-0.15, -0.1) is 0 Å². The van der Waals surface area contributed by atoms with Crippen molar-refractivity contribution in [3.63, 3.8) is 0 Å². The summed E-state index contributed by atoms with van der Waals surface area (Å²) in [5, 5.41) is 3.42. The molecule has 1 aliphatic carbocycles. The minimum atomic E-state index is -3.78. The summed E-state index contributed by atoms with van der Waals surface area (Å²) in [6, 6.07) is 4.44. The van der Waals surface area contributed by atoms with Crippen LogP contribution in [0.5, 0.6) is 0 Å². The van der Waals surface area contributed by atoms with Gasteiger partial charge in [-0.25, -0.2) is 17.9 Å². The lowest BCUT2D eigenvalue weighted by Gasteiger charge is -2.33. The fourth-order valence-electron chi connectivity index (χ4n) is 3.66. The van der Waals surface area contributed by atoms with Crippen molar-refractivity contribution in [1.82, 2.24) is 20.5 Å². The second-order valence-corrected chi connectivity index (χ2v) is 9.79. The van der Waals surface area contributed by atoms with Crippen molar-refractivity contribution in [2.45, 2.75) is 62.9 Å². The minimum Gasteiger partial charge on any atom is -0.322 e. The van der Waals surface area contributed by atoms with Gasteiger partial charge in [-0.1, -0.05) is 13.0 Å². The van der Waals surface area contributed by atoms with E-state index in [1.807, 2.05) is 0 Å². The fourth-order valence-corrected chi connectivity index (χ4v) is 4.96. The quantitative estimate of drug-likeness (QED) is 0.621. The molecule has 1 saturated heterocycles. The number of carbonyl (C=O) groups is 3. The molecule has 1 aliphatic heterocycles. The van der Waals surface area contributed by atoms with Gasteiger partial charge in [-0.05, 0) is 63.6 Å². The number of benzene rings is 1. The maximum absolute atomic E-state index is 12.8. The lowest BCUT2D eigenvalue weighted by Crippen LogP contribution is -2.51. The minimum absolute atomic E-state index is 0.0236. The van der Waals surface area contributed by atoms with Crippen LogP contribution in [0.4, 0.5) is 4.79 Å². The summed E-state index contributed by atoms with van der Waals surface area (Å²) in [6.45, 7) is 5.48. The highest BCUT2D eigenvalue weighted by Gasteiger charge is 2.52. The van der Waals surface area contributed by atoms with Gasteiger partial charge in [-0.3, -0.25) is 15.0 Å². The molecule has 1 saturated carbocycles. The van der Waals surface area contributed by atoms with E-state index in [2.05, 4.69) is 22.4 Å². The lowest BCUT2D eigenvalue weighted by molar-refractivity contribution is -0.134. The zero-order valence-electron chi connectivity index (χ0n) is 16.7. The van der Waals surface area contributed by atoms with E-state index in [9.17, 15) is 22.8 Å². The molecule has 4 amide bonds. The topological polar surface area (TPSA) is 125 Å². The van der Waals surface area contributed by atoms with Crippen molar-refractivity contribution in [3.8, 4) is 0 Å². The van der Waals surface area contributed by atoms with E-state index in [-0.39, 0.29) is 16.5 Å². The molecule has 0 unspecified atom stereocenters. The van der Waals surface area contributed by atoms with E-state index < -0.39 is 33.4 Å². The Balaban J connectivity index is 1.76. The summed E-state index contributed by atoms with van der Waals surface area (Å²) in [5.41, 5.74) is 1.37. The van der Waals surface area contributed by atoms with Crippen LogP contribution in [0, 0.1) is 5.92 Å². The van der Waals surface area contributed by atoms with Crippen LogP contribution in [0.3, 0.4) is 0 Å². The van der Waals surface area contributed by atoms with E-state index in [1.54, 1.807) is 13.8 Å². The number of urea groups is 1. The van der Waals surface area contributed by atoms with Crippen LogP contribution in [0.15, 0.2) is 29.2 Å². The average molecular weight is 423 g/mol. The van der Waals surface area contributed by atoms with Gasteiger partial charge in [0.15, 0.2) is 0 Å². The maximum atomic E-state index is 12.8. The normalized spacial score (nSPS) is 24.8. The molecule has 2 aliphatic rings. The molecule has 0 radical (unpaired) electrons. The van der Waals surface area contributed by atoms with Gasteiger partial charge in [0, 0.05) is 11.6 Å². The summed E-state index contributed by atoms with van der Waals surface area (Å²) < 4.78 is 27.1. The first-order valence-electron chi connectivity index (χ1n) is 9.64. The Morgan fingerprint density at radius 3 is 2.52 bits per heavy atom. The molecule has 1 aromatic carbocycles. The molecule has 158 valence electrons. The molecule has 9 nitrogen and oxygen atoms in total. The third kappa shape index (κ3) is 4.27. The third-order valence-corrected chi connectivity index (χ3v) is 6.96. The van der Waals surface area contributed by atoms with Crippen LogP contribution in [-0.2, 0) is 14.8 Å². The smallest absolute Gasteiger partial charge is 0.322 e. The van der Waals surface area contributed by atoms with E-state index in [4.69, 9.17) is 0 Å². The molecule has 0 atom stereocenters. The Morgan fingerprint density at radius 1 is 1.24 bits per heavy atom. The largest absolute Gasteiger partial charge is 0.344 e. The zero-order chi connectivity index (χ0) is 21.4. The number of sulfonamides is 1. The van der Waals surface area contributed by atoms with Crippen molar-refractivity contribution in [3.05, 3.63) is 29.8 Å². The first-order valence-corrected chi connectivity index (χ1v) is 11.1. The molecule has 1 spiro atoms. The van der Waals surface area contributed by atoms with E-state index >= 15 is 0 Å². The van der Waals surface area contributed by atoms with Gasteiger partial charge < -0.3 is 5.32 Å². The van der Waals surface area contributed by atoms with Crippen molar-refractivity contribution in [1.29, 1.82) is 0 Å². The predicted molar refractivity (Wildman–Crippen MR) is 105 cm³/mol. The number of hydrazine groups is 1. The third-order valence-electron chi connectivity index (χ3n) is 5.30. The standard InChI is InChI=1S/C19H26N4O5S/c1-12(2)22-29(27,28)15-6-4-5-14(11-15)16(24)21-23-17(25)19(20-18(23)26)9-7-13(3)8-10-19/h4-6,11-13,22H,7-10H2,1-3H3,(H,20,26)(H,21,24). The Hall–Kier alpha value is -2.46. The van der Waals surface area contributed by atoms with Crippen molar-refractivity contribution in [2.75, 3.05) is 0 Å². The molecule has 10 heteroatoms. The SMILES string of the molecule is CC1CCC2(CC1)NC(=O)N(NC(=O)c1cccc(S(=O)(=O)NC(C)C)c1)C2=O. The summed E-state index contributed by atoms with van der Waals surface area (Å²) in [4.78, 5) is 37.7. The molecule has 1 heterocycles. The second kappa shape index (κ2) is 7.75. The summed E-state index contributed by atoms with van der Waals surface area (Å²) in [6.07, 6.45) is 2.69. The molecular weight excluding hydrogens is 396 g/mol. The van der Waals surface area contributed by atoms with Gasteiger partial charge in [-0.2, -0.15) is 5.01 Å². The molecule has 0 aromatic heterocycles. The number of imide groups is 1. The van der Waals surface area contributed by atoms with E-state index in [0.717, 1.165) is 12.8 Å². The fraction of sp³-hybridized carbons (Fsp3) is 0.526. The van der Waals surface area contributed by atoms with Gasteiger partial charge in [0.2, 0.25) is 10.0 Å². The number of carbonyl (C=O) groups excluding carboxylic acids is 3. The maximum Gasteiger partial charge on any atom is 0.344 e. The molecule has 3 N–H and O–H groups in total. The van der Waals surface area contributed by atoms with Crippen molar-refractivity contribution in [2.24, 2.45) is 5.92 Å². The lowest BCUT2D eigenvalue weighted by atomic mass is 9.77. The van der Waals surface area contributed by atoms with Crippen LogP contribution in [0.25, 0.3) is 0 Å². The highest BCUT2D eigenvalue weighted by Crippen LogP contribution is 2.35. The summed E-state index contributed by atoms with van der Waals surface area (Å²) >= 11 is 0. The van der Waals surface area contributed by atoms with Gasteiger partial charge >= 0.3 is 6.03 Å². The van der Waals surface area contributed by atoms with Crippen LogP contribution < -0.4 is 15.5 Å². The average Bonchev–Trinajstić information content (AvgIpc) is 2.87. The molecule has 3 rings (SSSR count). The van der Waals surface area contributed by atoms with Gasteiger partial charge in [0.1, 0.15) is 5.54 Å². The molecule has 29 heavy (non-hydrogen) atoms. The van der Waals surface area contributed by atoms with Crippen LogP contribution in [-0.4, -0.2) is 42.9 Å². The van der Waals surface area contributed by atoms with Crippen LogP contribution in [0.2, 0.25) is 0 Å². The first-order chi connectivity index (χ1) is 13.5. The number of hydrogen-bond acceptors (Lipinski definition) is 5. The number of amides is 4. The Morgan fingerprint density at radius 2 is 1.90 bits per heavy atom. The van der Waals surface area contributed by atoms with Crippen LogP contribution in [0.1, 0.15) is 56.8 Å². The van der Waals surface area contributed by atoms with E-state index in [1.165, 1.54) is 24.3 Å².